The van der Waals surface area contributed by atoms with Gasteiger partial charge in [-0.25, -0.2) is 4.79 Å². The van der Waals surface area contributed by atoms with Crippen molar-refractivity contribution in [2.75, 3.05) is 39.4 Å². The van der Waals surface area contributed by atoms with Gasteiger partial charge < -0.3 is 14.5 Å². The molecule has 2 saturated heterocycles. The smallest absolute Gasteiger partial charge is 0.320 e. The van der Waals surface area contributed by atoms with E-state index >= 15 is 0 Å². The number of hydrogen-bond donors (Lipinski definition) is 0. The van der Waals surface area contributed by atoms with Gasteiger partial charge in [0.25, 0.3) is 0 Å². The molecule has 3 heterocycles. The Hall–Kier alpha value is -1.07. The Morgan fingerprint density at radius 1 is 1.20 bits per heavy atom. The summed E-state index contributed by atoms with van der Waals surface area (Å²) in [5.41, 5.74) is 0. The fourth-order valence-corrected chi connectivity index (χ4v) is 3.82. The summed E-state index contributed by atoms with van der Waals surface area (Å²) in [4.78, 5) is 17.8. The minimum atomic E-state index is 0.211. The summed E-state index contributed by atoms with van der Waals surface area (Å²) >= 11 is 1.84. The molecule has 5 heteroatoms. The first-order valence-electron chi connectivity index (χ1n) is 7.47. The molecule has 0 radical (unpaired) electrons. The molecule has 3 rings (SSSR count). The van der Waals surface area contributed by atoms with Gasteiger partial charge in [0, 0.05) is 31.1 Å². The SMILES string of the molecule is O=C(N1CCOCC1)N1CCC(Cc2cccs2)CC1. The molecule has 1 aromatic heterocycles. The van der Waals surface area contributed by atoms with Gasteiger partial charge in [-0.1, -0.05) is 6.07 Å². The first-order valence-corrected chi connectivity index (χ1v) is 8.35. The predicted octanol–water partition coefficient (Wildman–Crippen LogP) is 2.45. The van der Waals surface area contributed by atoms with Crippen LogP contribution in [0.15, 0.2) is 17.5 Å². The van der Waals surface area contributed by atoms with Crippen molar-refractivity contribution in [3.8, 4) is 0 Å². The van der Waals surface area contributed by atoms with Crippen LogP contribution in [0.1, 0.15) is 17.7 Å². The molecule has 1 aromatic rings. The van der Waals surface area contributed by atoms with Gasteiger partial charge in [0.1, 0.15) is 0 Å². The average Bonchev–Trinajstić information content (AvgIpc) is 3.01. The maximum absolute atomic E-state index is 12.4. The van der Waals surface area contributed by atoms with Crippen molar-refractivity contribution in [2.45, 2.75) is 19.3 Å². The van der Waals surface area contributed by atoms with Crippen LogP contribution in [0.3, 0.4) is 0 Å². The van der Waals surface area contributed by atoms with E-state index in [2.05, 4.69) is 17.5 Å². The second kappa shape index (κ2) is 6.59. The summed E-state index contributed by atoms with van der Waals surface area (Å²) in [6.45, 7) is 4.67. The zero-order valence-corrected chi connectivity index (χ0v) is 12.6. The standard InChI is InChI=1S/C15H22N2O2S/c18-15(17-7-9-19-10-8-17)16-5-3-13(4-6-16)12-14-2-1-11-20-14/h1-2,11,13H,3-10,12H2. The summed E-state index contributed by atoms with van der Waals surface area (Å²) in [5, 5.41) is 2.15. The van der Waals surface area contributed by atoms with Crippen molar-refractivity contribution < 1.29 is 9.53 Å². The van der Waals surface area contributed by atoms with Gasteiger partial charge in [-0.2, -0.15) is 0 Å². The second-order valence-corrected chi connectivity index (χ2v) is 6.63. The van der Waals surface area contributed by atoms with Crippen molar-refractivity contribution >= 4 is 17.4 Å². The maximum Gasteiger partial charge on any atom is 0.320 e. The van der Waals surface area contributed by atoms with Gasteiger partial charge in [-0.05, 0) is 36.6 Å². The van der Waals surface area contributed by atoms with E-state index in [1.807, 2.05) is 21.1 Å². The topological polar surface area (TPSA) is 32.8 Å². The van der Waals surface area contributed by atoms with Crippen LogP contribution in [-0.2, 0) is 11.2 Å². The molecule has 0 atom stereocenters. The van der Waals surface area contributed by atoms with E-state index < -0.39 is 0 Å². The van der Waals surface area contributed by atoms with Crippen LogP contribution in [0.5, 0.6) is 0 Å². The Kier molecular flexibility index (Phi) is 4.58. The minimum Gasteiger partial charge on any atom is -0.378 e. The number of likely N-dealkylation sites (tertiary alicyclic amines) is 1. The van der Waals surface area contributed by atoms with Crippen LogP contribution >= 0.6 is 11.3 Å². The number of hydrogen-bond acceptors (Lipinski definition) is 3. The average molecular weight is 294 g/mol. The third kappa shape index (κ3) is 3.33. The van der Waals surface area contributed by atoms with Crippen molar-refractivity contribution in [1.82, 2.24) is 9.80 Å². The summed E-state index contributed by atoms with van der Waals surface area (Å²) < 4.78 is 5.30. The van der Waals surface area contributed by atoms with Crippen molar-refractivity contribution in [2.24, 2.45) is 5.92 Å². The van der Waals surface area contributed by atoms with E-state index in [4.69, 9.17) is 4.74 Å². The molecule has 2 aliphatic rings. The number of carbonyl (C=O) groups is 1. The van der Waals surface area contributed by atoms with E-state index in [0.717, 1.165) is 44.9 Å². The number of thiophene rings is 1. The molecular weight excluding hydrogens is 272 g/mol. The van der Waals surface area contributed by atoms with Crippen LogP contribution < -0.4 is 0 Å². The Morgan fingerprint density at radius 3 is 2.55 bits per heavy atom. The Morgan fingerprint density at radius 2 is 1.90 bits per heavy atom. The molecule has 2 amide bonds. The molecule has 0 saturated carbocycles. The van der Waals surface area contributed by atoms with Gasteiger partial charge in [-0.15, -0.1) is 11.3 Å². The van der Waals surface area contributed by atoms with Gasteiger partial charge >= 0.3 is 6.03 Å². The largest absolute Gasteiger partial charge is 0.378 e. The normalized spacial score (nSPS) is 21.2. The highest BCUT2D eigenvalue weighted by atomic mass is 32.1. The minimum absolute atomic E-state index is 0.211. The number of nitrogens with zero attached hydrogens (tertiary/aromatic N) is 2. The monoisotopic (exact) mass is 294 g/mol. The maximum atomic E-state index is 12.4. The van der Waals surface area contributed by atoms with E-state index in [-0.39, 0.29) is 6.03 Å². The molecule has 2 aliphatic heterocycles. The summed E-state index contributed by atoms with van der Waals surface area (Å²) in [7, 11) is 0. The van der Waals surface area contributed by atoms with Crippen LogP contribution in [0.4, 0.5) is 4.79 Å². The third-order valence-electron chi connectivity index (χ3n) is 4.24. The molecule has 0 N–H and O–H groups in total. The lowest BCUT2D eigenvalue weighted by molar-refractivity contribution is 0.0401. The molecule has 2 fully saturated rings. The van der Waals surface area contributed by atoms with Gasteiger partial charge in [0.2, 0.25) is 0 Å². The number of morpholine rings is 1. The highest BCUT2D eigenvalue weighted by molar-refractivity contribution is 7.09. The lowest BCUT2D eigenvalue weighted by Gasteiger charge is -2.37. The van der Waals surface area contributed by atoms with Crippen molar-refractivity contribution in [3.63, 3.8) is 0 Å². The first kappa shape index (κ1) is 13.9. The highest BCUT2D eigenvalue weighted by Gasteiger charge is 2.27. The van der Waals surface area contributed by atoms with Crippen LogP contribution in [0, 0.1) is 5.92 Å². The van der Waals surface area contributed by atoms with Crippen molar-refractivity contribution in [1.29, 1.82) is 0 Å². The van der Waals surface area contributed by atoms with Gasteiger partial charge in [0.05, 0.1) is 13.2 Å². The van der Waals surface area contributed by atoms with E-state index in [1.54, 1.807) is 0 Å². The number of ether oxygens (including phenoxy) is 1. The van der Waals surface area contributed by atoms with Crippen LogP contribution in [-0.4, -0.2) is 55.2 Å². The van der Waals surface area contributed by atoms with Crippen LogP contribution in [0.2, 0.25) is 0 Å². The van der Waals surface area contributed by atoms with Gasteiger partial charge in [0.15, 0.2) is 0 Å². The molecule has 0 aliphatic carbocycles. The van der Waals surface area contributed by atoms with Crippen molar-refractivity contribution in [3.05, 3.63) is 22.4 Å². The Labute approximate surface area is 124 Å². The summed E-state index contributed by atoms with van der Waals surface area (Å²) in [6.07, 6.45) is 3.44. The Bertz CT molecular complexity index is 421. The van der Waals surface area contributed by atoms with E-state index in [9.17, 15) is 4.79 Å². The van der Waals surface area contributed by atoms with Gasteiger partial charge in [-0.3, -0.25) is 0 Å². The molecule has 110 valence electrons. The lowest BCUT2D eigenvalue weighted by Crippen LogP contribution is -2.50. The lowest BCUT2D eigenvalue weighted by atomic mass is 9.93. The summed E-state index contributed by atoms with van der Waals surface area (Å²) in [5.74, 6) is 0.738. The number of amides is 2. The number of carbonyl (C=O) groups excluding carboxylic acids is 1. The first-order chi connectivity index (χ1) is 9.83. The molecule has 0 unspecified atom stereocenters. The predicted molar refractivity (Wildman–Crippen MR) is 80.1 cm³/mol. The molecule has 0 aromatic carbocycles. The fourth-order valence-electron chi connectivity index (χ4n) is 3.00. The molecule has 4 nitrogen and oxygen atoms in total. The number of piperidine rings is 1. The fraction of sp³-hybridized carbons (Fsp3) is 0.667. The highest BCUT2D eigenvalue weighted by Crippen LogP contribution is 2.24. The number of rotatable bonds is 2. The quantitative estimate of drug-likeness (QED) is 0.839. The Balaban J connectivity index is 1.46. The molecule has 0 spiro atoms. The molecular formula is C15H22N2O2S. The molecule has 0 bridgehead atoms. The van der Waals surface area contributed by atoms with Crippen LogP contribution in [0.25, 0.3) is 0 Å². The second-order valence-electron chi connectivity index (χ2n) is 5.60. The number of urea groups is 1. The summed E-state index contributed by atoms with van der Waals surface area (Å²) in [6, 6.07) is 4.55. The third-order valence-corrected chi connectivity index (χ3v) is 5.14. The molecule has 20 heavy (non-hydrogen) atoms. The van der Waals surface area contributed by atoms with E-state index in [1.165, 1.54) is 11.3 Å². The zero-order valence-electron chi connectivity index (χ0n) is 11.8. The van der Waals surface area contributed by atoms with E-state index in [0.29, 0.717) is 13.2 Å². The zero-order chi connectivity index (χ0) is 13.8.